The molecule has 0 saturated carbocycles. The summed E-state index contributed by atoms with van der Waals surface area (Å²) in [6.07, 6.45) is 5.27. The average molecular weight is 184 g/mol. The van der Waals surface area contributed by atoms with Gasteiger partial charge in [-0.2, -0.15) is 0 Å². The first kappa shape index (κ1) is 7.32. The van der Waals surface area contributed by atoms with E-state index in [9.17, 15) is 0 Å². The van der Waals surface area contributed by atoms with Crippen LogP contribution in [0.2, 0.25) is 0 Å². The van der Waals surface area contributed by atoms with Crippen molar-refractivity contribution >= 4 is 21.9 Å². The fourth-order valence-corrected chi connectivity index (χ4v) is 1.72. The fraction of sp³-hybridized carbons (Fsp3) is 0. The smallest absolute Gasteiger partial charge is 0.159 e. The number of hydrogen-bond acceptors (Lipinski definition) is 3. The van der Waals surface area contributed by atoms with Gasteiger partial charge >= 0.3 is 0 Å². The summed E-state index contributed by atoms with van der Waals surface area (Å²) in [4.78, 5) is 8.31. The third-order valence-corrected chi connectivity index (χ3v) is 2.36. The van der Waals surface area contributed by atoms with E-state index in [1.807, 2.05) is 24.4 Å². The number of rotatable bonds is 0. The van der Waals surface area contributed by atoms with Gasteiger partial charge in [0.05, 0.1) is 5.52 Å². The number of nitrogens with two attached hydrogens (primary N) is 1. The van der Waals surface area contributed by atoms with Crippen molar-refractivity contribution in [3.05, 3.63) is 36.8 Å². The highest BCUT2D eigenvalue weighted by atomic mass is 15.3. The van der Waals surface area contributed by atoms with E-state index in [0.29, 0.717) is 0 Å². The Morgan fingerprint density at radius 2 is 2.07 bits per heavy atom. The van der Waals surface area contributed by atoms with Gasteiger partial charge in [0, 0.05) is 29.4 Å². The van der Waals surface area contributed by atoms with Crippen molar-refractivity contribution in [2.24, 2.45) is 0 Å². The van der Waals surface area contributed by atoms with Crippen molar-refractivity contribution in [1.82, 2.24) is 14.6 Å². The van der Waals surface area contributed by atoms with Gasteiger partial charge < -0.3 is 5.84 Å². The second-order valence-corrected chi connectivity index (χ2v) is 3.14. The molecule has 3 heterocycles. The molecule has 0 saturated heterocycles. The lowest BCUT2D eigenvalue weighted by molar-refractivity contribution is 1.08. The summed E-state index contributed by atoms with van der Waals surface area (Å²) in [5.41, 5.74) is 1.74. The normalized spacial score (nSPS) is 11.1. The van der Waals surface area contributed by atoms with Crippen molar-refractivity contribution < 1.29 is 0 Å². The second-order valence-electron chi connectivity index (χ2n) is 3.14. The van der Waals surface area contributed by atoms with Gasteiger partial charge in [-0.3, -0.25) is 4.98 Å². The van der Waals surface area contributed by atoms with Crippen LogP contribution >= 0.6 is 0 Å². The number of pyridine rings is 2. The molecule has 0 aliphatic rings. The molecule has 4 heteroatoms. The number of nitrogen functional groups attached to an aromatic ring is 1. The van der Waals surface area contributed by atoms with Crippen molar-refractivity contribution in [2.75, 3.05) is 5.84 Å². The van der Waals surface area contributed by atoms with E-state index in [2.05, 4.69) is 9.97 Å². The topological polar surface area (TPSA) is 56.7 Å². The first-order chi connectivity index (χ1) is 6.88. The van der Waals surface area contributed by atoms with Crippen molar-refractivity contribution in [1.29, 1.82) is 0 Å². The summed E-state index contributed by atoms with van der Waals surface area (Å²) < 4.78 is 1.59. The third-order valence-electron chi connectivity index (χ3n) is 2.36. The predicted molar refractivity (Wildman–Crippen MR) is 55.2 cm³/mol. The van der Waals surface area contributed by atoms with Crippen LogP contribution < -0.4 is 5.84 Å². The van der Waals surface area contributed by atoms with Gasteiger partial charge in [-0.25, -0.2) is 9.66 Å². The minimum absolute atomic E-state index is 0.788. The van der Waals surface area contributed by atoms with Gasteiger partial charge in [0.1, 0.15) is 0 Å². The Bertz CT molecular complexity index is 558. The zero-order chi connectivity index (χ0) is 9.54. The average Bonchev–Trinajstić information content (AvgIpc) is 2.55. The molecular formula is C10H8N4. The standard InChI is InChI=1S/C10H8N4/c11-14-9-3-5-12-6-8(9)7-2-1-4-13-10(7)14/h1-6H,11H2. The summed E-state index contributed by atoms with van der Waals surface area (Å²) in [7, 11) is 0. The molecule has 68 valence electrons. The number of aromatic nitrogens is 3. The van der Waals surface area contributed by atoms with Crippen LogP contribution in [0, 0.1) is 0 Å². The van der Waals surface area contributed by atoms with E-state index < -0.39 is 0 Å². The van der Waals surface area contributed by atoms with Crippen LogP contribution in [0.4, 0.5) is 0 Å². The SMILES string of the molecule is Nn1c2ccncc2c2cccnc21. The van der Waals surface area contributed by atoms with Gasteiger partial charge in [-0.15, -0.1) is 0 Å². The molecule has 0 fully saturated rings. The molecule has 0 bridgehead atoms. The lowest BCUT2D eigenvalue weighted by atomic mass is 10.2. The van der Waals surface area contributed by atoms with Crippen LogP contribution in [0.15, 0.2) is 36.8 Å². The van der Waals surface area contributed by atoms with E-state index in [4.69, 9.17) is 5.84 Å². The fourth-order valence-electron chi connectivity index (χ4n) is 1.72. The summed E-state index contributed by atoms with van der Waals surface area (Å²) in [6, 6.07) is 5.78. The van der Waals surface area contributed by atoms with Crippen LogP contribution in [0.25, 0.3) is 21.9 Å². The molecule has 0 atom stereocenters. The molecule has 0 aliphatic carbocycles. The number of fused-ring (bicyclic) bond motifs is 3. The molecule has 0 aromatic carbocycles. The molecule has 2 N–H and O–H groups in total. The van der Waals surface area contributed by atoms with Gasteiger partial charge in [-0.05, 0) is 18.2 Å². The molecule has 14 heavy (non-hydrogen) atoms. The van der Waals surface area contributed by atoms with Gasteiger partial charge in [0.25, 0.3) is 0 Å². The van der Waals surface area contributed by atoms with E-state index >= 15 is 0 Å². The molecule has 3 aromatic rings. The van der Waals surface area contributed by atoms with Crippen LogP contribution in [-0.4, -0.2) is 14.6 Å². The highest BCUT2D eigenvalue weighted by molar-refractivity contribution is 6.06. The summed E-state index contributed by atoms with van der Waals surface area (Å²) in [6.45, 7) is 0. The summed E-state index contributed by atoms with van der Waals surface area (Å²) in [5, 5.41) is 2.08. The van der Waals surface area contributed by atoms with Crippen molar-refractivity contribution in [2.45, 2.75) is 0 Å². The van der Waals surface area contributed by atoms with Gasteiger partial charge in [-0.1, -0.05) is 0 Å². The lowest BCUT2D eigenvalue weighted by Gasteiger charge is -1.94. The number of nitrogens with zero attached hydrogens (tertiary/aromatic N) is 3. The molecule has 0 radical (unpaired) electrons. The maximum Gasteiger partial charge on any atom is 0.159 e. The Kier molecular flexibility index (Phi) is 1.28. The lowest BCUT2D eigenvalue weighted by Crippen LogP contribution is -2.07. The molecule has 0 amide bonds. The predicted octanol–water partition coefficient (Wildman–Crippen LogP) is 1.30. The molecule has 0 aliphatic heterocycles. The molecule has 4 nitrogen and oxygen atoms in total. The first-order valence-electron chi connectivity index (χ1n) is 4.32. The minimum Gasteiger partial charge on any atom is -0.337 e. The summed E-state index contributed by atoms with van der Waals surface area (Å²) in [5.74, 6) is 5.90. The Hall–Kier alpha value is -2.10. The van der Waals surface area contributed by atoms with E-state index in [1.54, 1.807) is 17.1 Å². The van der Waals surface area contributed by atoms with E-state index in [1.165, 1.54) is 0 Å². The van der Waals surface area contributed by atoms with E-state index in [0.717, 1.165) is 21.9 Å². The highest BCUT2D eigenvalue weighted by Gasteiger charge is 2.07. The Balaban J connectivity index is 2.69. The van der Waals surface area contributed by atoms with Crippen molar-refractivity contribution in [3.63, 3.8) is 0 Å². The quantitative estimate of drug-likeness (QED) is 0.536. The minimum atomic E-state index is 0.788. The molecular weight excluding hydrogens is 176 g/mol. The second kappa shape index (κ2) is 2.45. The van der Waals surface area contributed by atoms with Gasteiger partial charge in [0.15, 0.2) is 5.65 Å². The molecule has 3 aromatic heterocycles. The number of hydrogen-bond donors (Lipinski definition) is 1. The zero-order valence-corrected chi connectivity index (χ0v) is 7.38. The van der Waals surface area contributed by atoms with Crippen LogP contribution in [0.1, 0.15) is 0 Å². The van der Waals surface area contributed by atoms with Crippen LogP contribution in [0.5, 0.6) is 0 Å². The maximum absolute atomic E-state index is 5.90. The maximum atomic E-state index is 5.90. The molecule has 0 spiro atoms. The monoisotopic (exact) mass is 184 g/mol. The summed E-state index contributed by atoms with van der Waals surface area (Å²) >= 11 is 0. The van der Waals surface area contributed by atoms with Crippen molar-refractivity contribution in [3.8, 4) is 0 Å². The van der Waals surface area contributed by atoms with Crippen LogP contribution in [0.3, 0.4) is 0 Å². The Morgan fingerprint density at radius 1 is 1.14 bits per heavy atom. The van der Waals surface area contributed by atoms with Crippen LogP contribution in [-0.2, 0) is 0 Å². The van der Waals surface area contributed by atoms with E-state index in [-0.39, 0.29) is 0 Å². The molecule has 0 unspecified atom stereocenters. The highest BCUT2D eigenvalue weighted by Crippen LogP contribution is 2.23. The Morgan fingerprint density at radius 3 is 3.00 bits per heavy atom. The first-order valence-corrected chi connectivity index (χ1v) is 4.32. The zero-order valence-electron chi connectivity index (χ0n) is 7.38. The van der Waals surface area contributed by atoms with Gasteiger partial charge in [0.2, 0.25) is 0 Å². The third kappa shape index (κ3) is 0.771. The molecule has 3 rings (SSSR count). The largest absolute Gasteiger partial charge is 0.337 e. The Labute approximate surface area is 80.0 Å².